The van der Waals surface area contributed by atoms with Crippen LogP contribution >= 0.6 is 11.3 Å². The first-order chi connectivity index (χ1) is 19.4. The Bertz CT molecular complexity index is 1710. The molecule has 15 heteroatoms. The maximum Gasteiger partial charge on any atom is 0.287 e. The van der Waals surface area contributed by atoms with Crippen molar-refractivity contribution in [3.8, 4) is 5.75 Å². The predicted molar refractivity (Wildman–Crippen MR) is 150 cm³/mol. The van der Waals surface area contributed by atoms with Crippen LogP contribution in [-0.2, 0) is 37.9 Å². The van der Waals surface area contributed by atoms with Crippen LogP contribution in [0, 0.1) is 23.6 Å². The monoisotopic (exact) mass is 624 g/mol. The maximum atomic E-state index is 14.1. The van der Waals surface area contributed by atoms with Gasteiger partial charge in [-0.05, 0) is 60.6 Å². The molecule has 2 unspecified atom stereocenters. The van der Waals surface area contributed by atoms with E-state index >= 15 is 0 Å². The van der Waals surface area contributed by atoms with Crippen molar-refractivity contribution >= 4 is 48.1 Å². The number of hydrogen-bond donors (Lipinski definition) is 3. The molecular formula is C26H29FN4O7S3. The molecule has 1 aromatic carbocycles. The number of aliphatic hydroxyl groups is 1. The lowest BCUT2D eigenvalue weighted by Crippen LogP contribution is -2.60. The zero-order valence-electron chi connectivity index (χ0n) is 22.3. The third kappa shape index (κ3) is 4.91. The third-order valence-corrected chi connectivity index (χ3v) is 11.6. The Labute approximate surface area is 241 Å². The van der Waals surface area contributed by atoms with Crippen molar-refractivity contribution in [3.63, 3.8) is 0 Å². The number of carbonyl (C=O) groups is 1. The fourth-order valence-electron chi connectivity index (χ4n) is 6.69. The van der Waals surface area contributed by atoms with Gasteiger partial charge in [0.25, 0.3) is 15.9 Å². The van der Waals surface area contributed by atoms with Gasteiger partial charge in [-0.15, -0.1) is 15.7 Å². The summed E-state index contributed by atoms with van der Waals surface area (Å²) in [6, 6.07) is 4.09. The molecule has 220 valence electrons. The normalized spacial score (nSPS) is 26.8. The lowest BCUT2D eigenvalue weighted by Gasteiger charge is -2.54. The van der Waals surface area contributed by atoms with E-state index in [-0.39, 0.29) is 75.3 Å². The molecule has 3 saturated carbocycles. The Kier molecular flexibility index (Phi) is 6.91. The van der Waals surface area contributed by atoms with Crippen molar-refractivity contribution in [2.24, 2.45) is 22.2 Å². The maximum absolute atomic E-state index is 14.1. The zero-order valence-corrected chi connectivity index (χ0v) is 24.7. The number of anilines is 1. The molecule has 1 aromatic heterocycles. The molecule has 2 atom stereocenters. The van der Waals surface area contributed by atoms with Crippen LogP contribution in [0.5, 0.6) is 5.75 Å². The van der Waals surface area contributed by atoms with Crippen LogP contribution in [-0.4, -0.2) is 58.0 Å². The van der Waals surface area contributed by atoms with Gasteiger partial charge in [-0.3, -0.25) is 4.79 Å². The van der Waals surface area contributed by atoms with Gasteiger partial charge in [-0.25, -0.2) is 17.5 Å². The van der Waals surface area contributed by atoms with Gasteiger partial charge in [0.2, 0.25) is 10.0 Å². The lowest BCUT2D eigenvalue weighted by molar-refractivity contribution is -0.140. The van der Waals surface area contributed by atoms with E-state index in [2.05, 4.69) is 14.4 Å². The van der Waals surface area contributed by atoms with E-state index in [1.807, 2.05) is 0 Å². The largest absolute Gasteiger partial charge is 0.511 e. The van der Waals surface area contributed by atoms with E-state index in [4.69, 9.17) is 4.74 Å². The van der Waals surface area contributed by atoms with E-state index in [0.29, 0.717) is 5.56 Å². The van der Waals surface area contributed by atoms with Gasteiger partial charge >= 0.3 is 0 Å². The second kappa shape index (κ2) is 10.1. The molecule has 0 saturated heterocycles. The number of nitrogens with one attached hydrogen (secondary N) is 2. The first-order valence-corrected chi connectivity index (χ1v) is 17.3. The van der Waals surface area contributed by atoms with Gasteiger partial charge in [0.15, 0.2) is 17.4 Å². The molecule has 2 aliphatic heterocycles. The molecule has 11 nitrogen and oxygen atoms in total. The summed E-state index contributed by atoms with van der Waals surface area (Å²) < 4.78 is 75.3. The average molecular weight is 625 g/mol. The zero-order chi connectivity index (χ0) is 29.3. The summed E-state index contributed by atoms with van der Waals surface area (Å²) in [5.74, 6) is -1.59. The highest BCUT2D eigenvalue weighted by molar-refractivity contribution is 7.91. The quantitative estimate of drug-likeness (QED) is 0.425. The van der Waals surface area contributed by atoms with Crippen molar-refractivity contribution < 1.29 is 35.9 Å². The molecule has 3 N–H and O–H groups in total. The van der Waals surface area contributed by atoms with Gasteiger partial charge < -0.3 is 20.1 Å². The van der Waals surface area contributed by atoms with E-state index in [0.717, 1.165) is 43.3 Å². The smallest absolute Gasteiger partial charge is 0.287 e. The van der Waals surface area contributed by atoms with Crippen LogP contribution in [0.1, 0.15) is 36.8 Å². The van der Waals surface area contributed by atoms with Crippen LogP contribution in [0.4, 0.5) is 9.39 Å². The van der Waals surface area contributed by atoms with Crippen LogP contribution in [0.2, 0.25) is 0 Å². The number of nitrogens with zero attached hydrogens (tertiary/aromatic N) is 2. The summed E-state index contributed by atoms with van der Waals surface area (Å²) >= 11 is 1.03. The molecule has 2 aromatic rings. The molecule has 3 fully saturated rings. The molecule has 0 spiro atoms. The molecule has 3 heterocycles. The predicted octanol–water partition coefficient (Wildman–Crippen LogP) is 3.12. The summed E-state index contributed by atoms with van der Waals surface area (Å²) in [5.41, 5.74) is 0.647. The van der Waals surface area contributed by atoms with Gasteiger partial charge in [0, 0.05) is 30.6 Å². The summed E-state index contributed by atoms with van der Waals surface area (Å²) in [6.07, 6.45) is 4.58. The third-order valence-electron chi connectivity index (χ3n) is 8.43. The number of sulfonamides is 2. The number of hydrogen-bond acceptors (Lipinski definition) is 9. The highest BCUT2D eigenvalue weighted by Crippen LogP contribution is 2.53. The topological polar surface area (TPSA) is 154 Å². The van der Waals surface area contributed by atoms with E-state index in [1.165, 1.54) is 24.6 Å². The number of aliphatic hydroxyl groups excluding tert-OH is 1. The minimum atomic E-state index is -4.35. The standard InChI is InChI=1S/C26H29FN4O7S3/c1-38-18-9-13(3-8-17(18)27)11-31-21-15-6-4-14(5-7-15)19(21)22(32)20(26(31)33)24-29-25-23(41(36,37)30-24)16(12-39-25)10-28-40(2,34)35/h3,8-9,12,14-15,19,21,28,32H,4-7,10-11H2,1-2H3,(H,29,30). The van der Waals surface area contributed by atoms with Gasteiger partial charge in [0.05, 0.1) is 13.4 Å². The Morgan fingerprint density at radius 3 is 2.63 bits per heavy atom. The lowest BCUT2D eigenvalue weighted by atomic mass is 9.59. The first kappa shape index (κ1) is 28.1. The fraction of sp³-hybridized carbons (Fsp3) is 0.462. The summed E-state index contributed by atoms with van der Waals surface area (Å²) in [7, 11) is -6.56. The molecule has 0 radical (unpaired) electrons. The van der Waals surface area contributed by atoms with Crippen LogP contribution in [0.3, 0.4) is 0 Å². The highest BCUT2D eigenvalue weighted by Gasteiger charge is 2.54. The van der Waals surface area contributed by atoms with Gasteiger partial charge in [-0.1, -0.05) is 6.07 Å². The molecular weight excluding hydrogens is 596 g/mol. The number of methoxy groups -OCH3 is 1. The van der Waals surface area contributed by atoms with Crippen molar-refractivity contribution in [1.29, 1.82) is 0 Å². The Morgan fingerprint density at radius 2 is 1.95 bits per heavy atom. The van der Waals surface area contributed by atoms with Crippen LogP contribution in [0.15, 0.2) is 44.2 Å². The van der Waals surface area contributed by atoms with Crippen molar-refractivity contribution in [1.82, 2.24) is 9.62 Å². The number of halogens is 1. The molecule has 1 amide bonds. The fourth-order valence-corrected chi connectivity index (χ4v) is 9.72. The second-order valence-electron chi connectivity index (χ2n) is 10.9. The van der Waals surface area contributed by atoms with Crippen LogP contribution < -0.4 is 14.8 Å². The average Bonchev–Trinajstić information content (AvgIpc) is 3.34. The van der Waals surface area contributed by atoms with Gasteiger partial charge in [-0.2, -0.15) is 8.42 Å². The Hall–Kier alpha value is -3.01. The summed E-state index contributed by atoms with van der Waals surface area (Å²) in [6.45, 7) is -0.132. The second-order valence-corrected chi connectivity index (χ2v) is 15.2. The number of amidine groups is 1. The SMILES string of the molecule is COc1cc(CN2C(=O)C(C3=NS(=O)(=O)c4c(CNS(C)(=O)=O)csc4N3)=C(O)C3C4CCC(CC4)C32)ccc1F. The van der Waals surface area contributed by atoms with E-state index in [9.17, 15) is 31.1 Å². The number of thiophene rings is 1. The Balaban J connectivity index is 1.40. The molecule has 3 aliphatic carbocycles. The van der Waals surface area contributed by atoms with Crippen molar-refractivity contribution in [3.05, 3.63) is 51.9 Å². The highest BCUT2D eigenvalue weighted by atomic mass is 32.2. The minimum Gasteiger partial charge on any atom is -0.511 e. The number of fused-ring (bicyclic) bond motifs is 3. The number of carbonyl (C=O) groups excluding carboxylic acids is 1. The van der Waals surface area contributed by atoms with E-state index in [1.54, 1.807) is 11.0 Å². The van der Waals surface area contributed by atoms with Crippen molar-refractivity contribution in [2.45, 2.75) is 49.7 Å². The molecule has 2 bridgehead atoms. The van der Waals surface area contributed by atoms with Crippen molar-refractivity contribution in [2.75, 3.05) is 18.7 Å². The van der Waals surface area contributed by atoms with Gasteiger partial charge in [0.1, 0.15) is 21.2 Å². The van der Waals surface area contributed by atoms with E-state index < -0.39 is 31.8 Å². The number of ether oxygens (including phenoxy) is 1. The summed E-state index contributed by atoms with van der Waals surface area (Å²) in [5, 5.41) is 16.2. The first-order valence-electron chi connectivity index (χ1n) is 13.1. The number of benzene rings is 1. The molecule has 41 heavy (non-hydrogen) atoms. The van der Waals surface area contributed by atoms with Crippen LogP contribution in [0.25, 0.3) is 0 Å². The molecule has 5 aliphatic rings. The minimum absolute atomic E-state index is 0.0445. The molecule has 7 rings (SSSR count). The Morgan fingerprint density at radius 1 is 1.24 bits per heavy atom. The number of amides is 1. The number of rotatable bonds is 7. The summed E-state index contributed by atoms with van der Waals surface area (Å²) in [4.78, 5) is 15.6.